The molecule has 1 aromatic heterocycles. The number of halogens is 1. The molecule has 0 aliphatic rings. The Balaban J connectivity index is 1.47. The molecular weight excluding hydrogens is 370 g/mol. The maximum atomic E-state index is 12.0. The summed E-state index contributed by atoms with van der Waals surface area (Å²) in [6, 6.07) is 17.2. The van der Waals surface area contributed by atoms with Gasteiger partial charge >= 0.3 is 0 Å². The van der Waals surface area contributed by atoms with Gasteiger partial charge in [0.1, 0.15) is 0 Å². The third kappa shape index (κ3) is 5.09. The number of hydrogen-bond acceptors (Lipinski definition) is 5. The Morgan fingerprint density at radius 1 is 1.15 bits per heavy atom. The Labute approximate surface area is 161 Å². The van der Waals surface area contributed by atoms with Gasteiger partial charge in [-0.3, -0.25) is 4.79 Å². The minimum Gasteiger partial charge on any atom is -0.411 e. The minimum atomic E-state index is -0.0657. The predicted molar refractivity (Wildman–Crippen MR) is 103 cm³/mol. The molecule has 0 fully saturated rings. The van der Waals surface area contributed by atoms with Gasteiger partial charge in [-0.15, -0.1) is 10.2 Å². The summed E-state index contributed by atoms with van der Waals surface area (Å²) in [4.78, 5) is 12.0. The molecule has 0 spiro atoms. The van der Waals surface area contributed by atoms with Crippen LogP contribution in [0, 0.1) is 0 Å². The van der Waals surface area contributed by atoms with Crippen LogP contribution >= 0.6 is 23.4 Å². The van der Waals surface area contributed by atoms with Crippen LogP contribution in [0.3, 0.4) is 0 Å². The van der Waals surface area contributed by atoms with Crippen LogP contribution in [0.2, 0.25) is 5.02 Å². The summed E-state index contributed by atoms with van der Waals surface area (Å²) in [6.07, 6.45) is 0. The van der Waals surface area contributed by atoms with Crippen molar-refractivity contribution in [3.8, 4) is 11.5 Å². The van der Waals surface area contributed by atoms with E-state index in [1.54, 1.807) is 12.1 Å². The van der Waals surface area contributed by atoms with Gasteiger partial charge in [0, 0.05) is 17.1 Å². The third-order valence-electron chi connectivity index (χ3n) is 3.80. The molecule has 1 atom stereocenters. The van der Waals surface area contributed by atoms with E-state index < -0.39 is 0 Å². The van der Waals surface area contributed by atoms with Crippen molar-refractivity contribution in [1.82, 2.24) is 15.5 Å². The fourth-order valence-electron chi connectivity index (χ4n) is 2.32. The Morgan fingerprint density at radius 2 is 1.88 bits per heavy atom. The summed E-state index contributed by atoms with van der Waals surface area (Å²) in [7, 11) is 0. The Morgan fingerprint density at radius 3 is 2.62 bits per heavy atom. The smallest absolute Gasteiger partial charge is 0.277 e. The monoisotopic (exact) mass is 387 g/mol. The van der Waals surface area contributed by atoms with Crippen LogP contribution in [0.5, 0.6) is 0 Å². The molecule has 0 saturated heterocycles. The molecule has 1 amide bonds. The lowest BCUT2D eigenvalue weighted by Gasteiger charge is -2.12. The lowest BCUT2D eigenvalue weighted by molar-refractivity contribution is -0.118. The highest BCUT2D eigenvalue weighted by Crippen LogP contribution is 2.24. The molecule has 3 aromatic rings. The van der Waals surface area contributed by atoms with Gasteiger partial charge in [-0.2, -0.15) is 0 Å². The van der Waals surface area contributed by atoms with E-state index in [0.717, 1.165) is 5.56 Å². The van der Waals surface area contributed by atoms with E-state index in [1.807, 2.05) is 30.3 Å². The Hall–Kier alpha value is -2.31. The summed E-state index contributed by atoms with van der Waals surface area (Å²) < 4.78 is 5.57. The van der Waals surface area contributed by atoms with Crippen LogP contribution in [0.25, 0.3) is 11.5 Å². The summed E-state index contributed by atoms with van der Waals surface area (Å²) >= 11 is 7.08. The van der Waals surface area contributed by atoms with E-state index >= 15 is 0 Å². The van der Waals surface area contributed by atoms with Gasteiger partial charge in [0.25, 0.3) is 5.22 Å². The Bertz CT molecular complexity index is 853. The van der Waals surface area contributed by atoms with Crippen molar-refractivity contribution in [1.29, 1.82) is 0 Å². The first-order valence-electron chi connectivity index (χ1n) is 8.15. The van der Waals surface area contributed by atoms with E-state index in [9.17, 15) is 4.79 Å². The molecule has 26 heavy (non-hydrogen) atoms. The minimum absolute atomic E-state index is 0.0657. The average molecular weight is 388 g/mol. The summed E-state index contributed by atoms with van der Waals surface area (Å²) in [6.45, 7) is 2.67. The second-order valence-corrected chi connectivity index (χ2v) is 7.15. The van der Waals surface area contributed by atoms with Crippen LogP contribution in [0.15, 0.2) is 64.2 Å². The number of hydrogen-bond donors (Lipinski definition) is 1. The van der Waals surface area contributed by atoms with Gasteiger partial charge in [-0.25, -0.2) is 0 Å². The van der Waals surface area contributed by atoms with Gasteiger partial charge in [0.15, 0.2) is 0 Å². The fourth-order valence-corrected chi connectivity index (χ4v) is 3.04. The molecule has 0 aliphatic heterocycles. The summed E-state index contributed by atoms with van der Waals surface area (Å²) in [5.41, 5.74) is 1.99. The van der Waals surface area contributed by atoms with Crippen molar-refractivity contribution < 1.29 is 9.21 Å². The molecule has 1 unspecified atom stereocenters. The number of aromatic nitrogens is 2. The lowest BCUT2D eigenvalue weighted by Crippen LogP contribution is -2.28. The van der Waals surface area contributed by atoms with Crippen LogP contribution in [-0.4, -0.2) is 28.4 Å². The van der Waals surface area contributed by atoms with Crippen LogP contribution in [0.4, 0.5) is 0 Å². The predicted octanol–water partition coefficient (Wildman–Crippen LogP) is 4.40. The molecule has 7 heteroatoms. The second kappa shape index (κ2) is 8.87. The molecule has 0 radical (unpaired) electrons. The number of nitrogens with one attached hydrogen (secondary N) is 1. The number of carbonyl (C=O) groups excluding carboxylic acids is 1. The molecule has 3 rings (SSSR count). The van der Waals surface area contributed by atoms with Gasteiger partial charge in [-0.05, 0) is 35.7 Å². The number of rotatable bonds is 7. The van der Waals surface area contributed by atoms with Crippen LogP contribution in [0.1, 0.15) is 18.4 Å². The molecule has 1 heterocycles. The highest BCUT2D eigenvalue weighted by atomic mass is 35.5. The van der Waals surface area contributed by atoms with Gasteiger partial charge in [0.2, 0.25) is 11.8 Å². The topological polar surface area (TPSA) is 68.0 Å². The zero-order valence-corrected chi connectivity index (χ0v) is 15.8. The standard InChI is InChI=1S/C19H18ClN3O2S/c1-13(14-5-3-2-4-6-14)11-21-17(24)12-26-19-23-22-18(25-19)15-7-9-16(20)10-8-15/h2-10,13H,11-12H2,1H3,(H,21,24). The molecule has 0 saturated carbocycles. The molecule has 0 bridgehead atoms. The van der Waals surface area contributed by atoms with Crippen molar-refractivity contribution in [2.45, 2.75) is 18.1 Å². The SMILES string of the molecule is CC(CNC(=O)CSc1nnc(-c2ccc(Cl)cc2)o1)c1ccccc1. The zero-order valence-electron chi connectivity index (χ0n) is 14.2. The molecular formula is C19H18ClN3O2S. The quantitative estimate of drug-likeness (QED) is 0.608. The third-order valence-corrected chi connectivity index (χ3v) is 4.87. The van der Waals surface area contributed by atoms with Gasteiger partial charge < -0.3 is 9.73 Å². The van der Waals surface area contributed by atoms with Crippen LogP contribution < -0.4 is 5.32 Å². The number of carbonyl (C=O) groups is 1. The first kappa shape index (κ1) is 18.5. The molecule has 0 aliphatic carbocycles. The van der Waals surface area contributed by atoms with Crippen molar-refractivity contribution in [2.24, 2.45) is 0 Å². The number of benzene rings is 2. The van der Waals surface area contributed by atoms with E-state index in [1.165, 1.54) is 17.3 Å². The van der Waals surface area contributed by atoms with Gasteiger partial charge in [0.05, 0.1) is 5.75 Å². The first-order valence-corrected chi connectivity index (χ1v) is 9.52. The van der Waals surface area contributed by atoms with Crippen molar-refractivity contribution in [3.05, 3.63) is 65.2 Å². The average Bonchev–Trinajstić information content (AvgIpc) is 3.14. The first-order chi connectivity index (χ1) is 12.6. The van der Waals surface area contributed by atoms with E-state index in [-0.39, 0.29) is 17.6 Å². The largest absolute Gasteiger partial charge is 0.411 e. The molecule has 2 aromatic carbocycles. The van der Waals surface area contributed by atoms with Crippen LogP contribution in [-0.2, 0) is 4.79 Å². The van der Waals surface area contributed by atoms with Crippen molar-refractivity contribution in [2.75, 3.05) is 12.3 Å². The number of nitrogens with zero attached hydrogens (tertiary/aromatic N) is 2. The molecule has 134 valence electrons. The van der Waals surface area contributed by atoms with E-state index in [0.29, 0.717) is 22.7 Å². The molecule has 1 N–H and O–H groups in total. The second-order valence-electron chi connectivity index (χ2n) is 5.78. The van der Waals surface area contributed by atoms with Crippen molar-refractivity contribution in [3.63, 3.8) is 0 Å². The molecule has 5 nitrogen and oxygen atoms in total. The van der Waals surface area contributed by atoms with E-state index in [2.05, 4.69) is 34.6 Å². The summed E-state index contributed by atoms with van der Waals surface area (Å²) in [5, 5.41) is 11.9. The van der Waals surface area contributed by atoms with Crippen molar-refractivity contribution >= 4 is 29.3 Å². The van der Waals surface area contributed by atoms with Gasteiger partial charge in [-0.1, -0.05) is 60.6 Å². The normalized spacial score (nSPS) is 11.9. The highest BCUT2D eigenvalue weighted by Gasteiger charge is 2.12. The lowest BCUT2D eigenvalue weighted by atomic mass is 10.0. The maximum Gasteiger partial charge on any atom is 0.277 e. The fraction of sp³-hybridized carbons (Fsp3) is 0.211. The summed E-state index contributed by atoms with van der Waals surface area (Å²) in [5.74, 6) is 0.820. The highest BCUT2D eigenvalue weighted by molar-refractivity contribution is 7.99. The number of amides is 1. The number of thioether (sulfide) groups is 1. The van der Waals surface area contributed by atoms with E-state index in [4.69, 9.17) is 16.0 Å². The zero-order chi connectivity index (χ0) is 18.4. The maximum absolute atomic E-state index is 12.0. The Kier molecular flexibility index (Phi) is 6.30.